The Morgan fingerprint density at radius 2 is 2.00 bits per heavy atom. The van der Waals surface area contributed by atoms with Gasteiger partial charge in [-0.3, -0.25) is 15.1 Å². The van der Waals surface area contributed by atoms with Gasteiger partial charge in [0.25, 0.3) is 5.91 Å². The number of aliphatic imine (C=N–C) groups is 1. The molecule has 0 spiro atoms. The zero-order chi connectivity index (χ0) is 19.4. The number of carbonyl (C=O) groups is 2. The molecular formula is C20H35N5O2. The Balaban J connectivity index is 1.57. The van der Waals surface area contributed by atoms with E-state index in [4.69, 9.17) is 4.99 Å². The molecule has 152 valence electrons. The number of carbonyl (C=O) groups excluding carboxylic acids is 2. The van der Waals surface area contributed by atoms with Crippen LogP contribution in [0.5, 0.6) is 0 Å². The number of nitrogens with zero attached hydrogens (tertiary/aromatic N) is 2. The van der Waals surface area contributed by atoms with Gasteiger partial charge >= 0.3 is 6.03 Å². The summed E-state index contributed by atoms with van der Waals surface area (Å²) in [4.78, 5) is 31.0. The van der Waals surface area contributed by atoms with Crippen molar-refractivity contribution in [3.8, 4) is 0 Å². The summed E-state index contributed by atoms with van der Waals surface area (Å²) in [5.41, 5.74) is -0.781. The molecule has 0 aromatic heterocycles. The number of likely N-dealkylation sites (tertiary alicyclic amines) is 1. The monoisotopic (exact) mass is 377 g/mol. The second-order valence-electron chi connectivity index (χ2n) is 8.70. The van der Waals surface area contributed by atoms with Gasteiger partial charge in [0.2, 0.25) is 0 Å². The van der Waals surface area contributed by atoms with E-state index in [0.29, 0.717) is 5.92 Å². The Morgan fingerprint density at radius 3 is 2.59 bits per heavy atom. The van der Waals surface area contributed by atoms with Crippen LogP contribution >= 0.6 is 0 Å². The van der Waals surface area contributed by atoms with Crippen molar-refractivity contribution in [2.24, 2.45) is 22.7 Å². The maximum absolute atomic E-state index is 12.2. The standard InChI is InChI=1S/C20H35N5O2/c1-4-21-18(22-13-15-7-5-6-14(2)12-15)25-10-8-16(9-11-25)20(3)17(26)23-19(27)24-20/h14-16H,4-13H2,1-3H3,(H,21,22)(H2,23,24,26,27). The summed E-state index contributed by atoms with van der Waals surface area (Å²) in [7, 11) is 0. The summed E-state index contributed by atoms with van der Waals surface area (Å²) in [5, 5.41) is 8.65. The third-order valence-corrected chi connectivity index (χ3v) is 6.56. The van der Waals surface area contributed by atoms with Gasteiger partial charge in [-0.15, -0.1) is 0 Å². The number of amides is 3. The normalized spacial score (nSPS) is 33.0. The lowest BCUT2D eigenvalue weighted by Gasteiger charge is -2.40. The Kier molecular flexibility index (Phi) is 6.27. The molecule has 1 saturated carbocycles. The molecule has 27 heavy (non-hydrogen) atoms. The van der Waals surface area contributed by atoms with E-state index in [-0.39, 0.29) is 17.9 Å². The molecule has 3 N–H and O–H groups in total. The van der Waals surface area contributed by atoms with Crippen molar-refractivity contribution in [3.63, 3.8) is 0 Å². The summed E-state index contributed by atoms with van der Waals surface area (Å²) in [6, 6.07) is -0.374. The second-order valence-corrected chi connectivity index (χ2v) is 8.70. The predicted octanol–water partition coefficient (Wildman–Crippen LogP) is 2.09. The lowest BCUT2D eigenvalue weighted by molar-refractivity contribution is -0.125. The van der Waals surface area contributed by atoms with Gasteiger partial charge in [-0.1, -0.05) is 19.8 Å². The van der Waals surface area contributed by atoms with E-state index in [0.717, 1.165) is 50.9 Å². The van der Waals surface area contributed by atoms with E-state index >= 15 is 0 Å². The highest BCUT2D eigenvalue weighted by atomic mass is 16.2. The average molecular weight is 378 g/mol. The van der Waals surface area contributed by atoms with Crippen LogP contribution < -0.4 is 16.0 Å². The SMILES string of the molecule is CCNC(=NCC1CCCC(C)C1)N1CCC(C2(C)NC(=O)NC2=O)CC1. The molecular weight excluding hydrogens is 342 g/mol. The molecule has 0 radical (unpaired) electrons. The molecule has 3 rings (SSSR count). The Bertz CT molecular complexity index is 585. The highest BCUT2D eigenvalue weighted by Crippen LogP contribution is 2.31. The molecule has 3 amide bonds. The highest BCUT2D eigenvalue weighted by molar-refractivity contribution is 6.07. The van der Waals surface area contributed by atoms with E-state index in [9.17, 15) is 9.59 Å². The molecule has 3 fully saturated rings. The molecule has 3 unspecified atom stereocenters. The average Bonchev–Trinajstić information content (AvgIpc) is 2.91. The molecule has 2 saturated heterocycles. The Labute approximate surface area is 162 Å². The van der Waals surface area contributed by atoms with E-state index in [1.165, 1.54) is 25.7 Å². The van der Waals surface area contributed by atoms with Crippen molar-refractivity contribution in [2.45, 2.75) is 64.8 Å². The number of hydrogen-bond donors (Lipinski definition) is 3. The second kappa shape index (κ2) is 8.48. The third-order valence-electron chi connectivity index (χ3n) is 6.56. The number of hydrogen-bond acceptors (Lipinski definition) is 3. The van der Waals surface area contributed by atoms with E-state index in [1.54, 1.807) is 0 Å². The minimum atomic E-state index is -0.781. The molecule has 2 aliphatic heterocycles. The first-order chi connectivity index (χ1) is 12.9. The number of rotatable bonds is 4. The Morgan fingerprint density at radius 1 is 1.26 bits per heavy atom. The summed E-state index contributed by atoms with van der Waals surface area (Å²) in [6.45, 7) is 9.78. The fraction of sp³-hybridized carbons (Fsp3) is 0.850. The van der Waals surface area contributed by atoms with Crippen LogP contribution in [0.2, 0.25) is 0 Å². The van der Waals surface area contributed by atoms with Gasteiger partial charge in [-0.05, 0) is 57.3 Å². The van der Waals surface area contributed by atoms with Gasteiger partial charge in [0.05, 0.1) is 0 Å². The maximum Gasteiger partial charge on any atom is 0.322 e. The topological polar surface area (TPSA) is 85.8 Å². The van der Waals surface area contributed by atoms with Crippen LogP contribution in [0.25, 0.3) is 0 Å². The molecule has 0 bridgehead atoms. The lowest BCUT2D eigenvalue weighted by Crippen LogP contribution is -2.55. The van der Waals surface area contributed by atoms with Crippen LogP contribution in [-0.4, -0.2) is 54.5 Å². The van der Waals surface area contributed by atoms with Crippen molar-refractivity contribution >= 4 is 17.9 Å². The fourth-order valence-electron chi connectivity index (χ4n) is 4.88. The maximum atomic E-state index is 12.2. The van der Waals surface area contributed by atoms with Crippen LogP contribution in [0.1, 0.15) is 59.3 Å². The molecule has 7 nitrogen and oxygen atoms in total. The number of nitrogens with one attached hydrogen (secondary N) is 3. The minimum Gasteiger partial charge on any atom is -0.357 e. The summed E-state index contributed by atoms with van der Waals surface area (Å²) in [5.74, 6) is 2.49. The van der Waals surface area contributed by atoms with Crippen molar-refractivity contribution in [1.82, 2.24) is 20.9 Å². The van der Waals surface area contributed by atoms with Crippen molar-refractivity contribution in [3.05, 3.63) is 0 Å². The largest absolute Gasteiger partial charge is 0.357 e. The van der Waals surface area contributed by atoms with E-state index in [1.807, 2.05) is 6.92 Å². The van der Waals surface area contributed by atoms with Gasteiger partial charge in [0.1, 0.15) is 5.54 Å². The zero-order valence-electron chi connectivity index (χ0n) is 17.0. The zero-order valence-corrected chi connectivity index (χ0v) is 17.0. The van der Waals surface area contributed by atoms with Crippen molar-refractivity contribution in [1.29, 1.82) is 0 Å². The first-order valence-electron chi connectivity index (χ1n) is 10.6. The van der Waals surface area contributed by atoms with Gasteiger partial charge in [-0.2, -0.15) is 0 Å². The number of guanidine groups is 1. The van der Waals surface area contributed by atoms with Crippen LogP contribution in [0, 0.1) is 17.8 Å². The minimum absolute atomic E-state index is 0.155. The third kappa shape index (κ3) is 4.55. The van der Waals surface area contributed by atoms with Crippen molar-refractivity contribution < 1.29 is 9.59 Å². The van der Waals surface area contributed by atoms with Gasteiger partial charge in [0, 0.05) is 26.2 Å². The predicted molar refractivity (Wildman–Crippen MR) is 106 cm³/mol. The molecule has 7 heteroatoms. The summed E-state index contributed by atoms with van der Waals surface area (Å²) < 4.78 is 0. The van der Waals surface area contributed by atoms with Crippen LogP contribution in [0.4, 0.5) is 4.79 Å². The van der Waals surface area contributed by atoms with Crippen LogP contribution in [0.3, 0.4) is 0 Å². The summed E-state index contributed by atoms with van der Waals surface area (Å²) in [6.07, 6.45) is 7.01. The quantitative estimate of drug-likeness (QED) is 0.398. The Hall–Kier alpha value is -1.79. The van der Waals surface area contributed by atoms with Gasteiger partial charge in [0.15, 0.2) is 5.96 Å². The molecule has 1 aliphatic carbocycles. The molecule has 0 aromatic carbocycles. The number of imide groups is 1. The fourth-order valence-corrected chi connectivity index (χ4v) is 4.88. The molecule has 3 aliphatic rings. The van der Waals surface area contributed by atoms with E-state index < -0.39 is 5.54 Å². The van der Waals surface area contributed by atoms with Crippen LogP contribution in [-0.2, 0) is 4.79 Å². The van der Waals surface area contributed by atoms with Gasteiger partial charge < -0.3 is 15.5 Å². The van der Waals surface area contributed by atoms with Crippen LogP contribution in [0.15, 0.2) is 4.99 Å². The van der Waals surface area contributed by atoms with E-state index in [2.05, 4.69) is 34.7 Å². The number of urea groups is 1. The molecule has 0 aromatic rings. The number of piperidine rings is 1. The first kappa shape index (κ1) is 20.0. The highest BCUT2D eigenvalue weighted by Gasteiger charge is 2.48. The smallest absolute Gasteiger partial charge is 0.322 e. The molecule has 2 heterocycles. The first-order valence-corrected chi connectivity index (χ1v) is 10.6. The lowest BCUT2D eigenvalue weighted by atomic mass is 9.79. The molecule has 3 atom stereocenters. The van der Waals surface area contributed by atoms with Crippen molar-refractivity contribution in [2.75, 3.05) is 26.2 Å². The summed E-state index contributed by atoms with van der Waals surface area (Å²) >= 11 is 0. The van der Waals surface area contributed by atoms with Gasteiger partial charge in [-0.25, -0.2) is 4.79 Å².